The number of hydrogen-bond acceptors (Lipinski definition) is 3. The molecule has 4 rings (SSSR count). The van der Waals surface area contributed by atoms with E-state index < -0.39 is 29.7 Å². The summed E-state index contributed by atoms with van der Waals surface area (Å²) in [7, 11) is 0. The van der Waals surface area contributed by atoms with Gasteiger partial charge in [-0.25, -0.2) is 9.69 Å². The standard InChI is InChI=1S/C20H18F3N3O2/c21-20(22,23)15-7-4-8-16(11-15)26-18(27)17-13-24(9-10-25(17)19(26)28)12-14-5-2-1-3-6-14/h1-8,11,17H,9-10,12-13H2. The first-order valence-electron chi connectivity index (χ1n) is 8.93. The van der Waals surface area contributed by atoms with Crippen molar-refractivity contribution in [3.8, 4) is 0 Å². The Hall–Kier alpha value is -2.87. The van der Waals surface area contributed by atoms with Crippen LogP contribution in [0, 0.1) is 0 Å². The Labute approximate surface area is 159 Å². The van der Waals surface area contributed by atoms with Gasteiger partial charge in [0.05, 0.1) is 11.3 Å². The number of amides is 3. The van der Waals surface area contributed by atoms with Crippen LogP contribution in [0.4, 0.5) is 23.7 Å². The molecule has 0 N–H and O–H groups in total. The highest BCUT2D eigenvalue weighted by atomic mass is 19.4. The SMILES string of the molecule is O=C1C2CN(Cc3ccccc3)CCN2C(=O)N1c1cccc(C(F)(F)F)c1. The van der Waals surface area contributed by atoms with Gasteiger partial charge in [0.1, 0.15) is 6.04 Å². The van der Waals surface area contributed by atoms with Crippen LogP contribution in [0.1, 0.15) is 11.1 Å². The maximum absolute atomic E-state index is 13.0. The van der Waals surface area contributed by atoms with E-state index in [2.05, 4.69) is 4.90 Å². The average molecular weight is 389 g/mol. The zero-order chi connectivity index (χ0) is 19.9. The lowest BCUT2D eigenvalue weighted by Crippen LogP contribution is -2.52. The second-order valence-corrected chi connectivity index (χ2v) is 6.93. The number of rotatable bonds is 3. The minimum absolute atomic E-state index is 0.0474. The molecule has 0 radical (unpaired) electrons. The van der Waals surface area contributed by atoms with Crippen LogP contribution >= 0.6 is 0 Å². The average Bonchev–Trinajstić information content (AvgIpc) is 2.92. The van der Waals surface area contributed by atoms with Crippen LogP contribution in [0.15, 0.2) is 54.6 Å². The molecule has 0 spiro atoms. The number of fused-ring (bicyclic) bond motifs is 1. The van der Waals surface area contributed by atoms with Gasteiger partial charge >= 0.3 is 12.2 Å². The first kappa shape index (κ1) is 18.5. The minimum atomic E-state index is -4.54. The molecule has 1 unspecified atom stereocenters. The van der Waals surface area contributed by atoms with E-state index in [9.17, 15) is 22.8 Å². The van der Waals surface area contributed by atoms with E-state index in [0.29, 0.717) is 26.2 Å². The van der Waals surface area contributed by atoms with E-state index in [0.717, 1.165) is 22.6 Å². The van der Waals surface area contributed by atoms with Crippen molar-refractivity contribution in [2.45, 2.75) is 18.8 Å². The summed E-state index contributed by atoms with van der Waals surface area (Å²) in [6.07, 6.45) is -4.54. The second kappa shape index (κ2) is 6.94. The molecule has 2 heterocycles. The smallest absolute Gasteiger partial charge is 0.309 e. The van der Waals surface area contributed by atoms with E-state index in [1.165, 1.54) is 17.0 Å². The summed E-state index contributed by atoms with van der Waals surface area (Å²) < 4.78 is 39.0. The Kier molecular flexibility index (Phi) is 4.58. The quantitative estimate of drug-likeness (QED) is 0.757. The highest BCUT2D eigenvalue weighted by molar-refractivity contribution is 6.21. The molecule has 28 heavy (non-hydrogen) atoms. The lowest BCUT2D eigenvalue weighted by atomic mass is 10.1. The summed E-state index contributed by atoms with van der Waals surface area (Å²) in [5.74, 6) is -0.484. The van der Waals surface area contributed by atoms with Gasteiger partial charge < -0.3 is 4.90 Å². The molecule has 0 saturated carbocycles. The van der Waals surface area contributed by atoms with Crippen molar-refractivity contribution in [2.75, 3.05) is 24.5 Å². The fourth-order valence-electron chi connectivity index (χ4n) is 3.70. The van der Waals surface area contributed by atoms with Crippen LogP contribution < -0.4 is 4.90 Å². The number of anilines is 1. The molecule has 2 aliphatic rings. The highest BCUT2D eigenvalue weighted by Gasteiger charge is 2.48. The number of halogens is 3. The van der Waals surface area contributed by atoms with Crippen molar-refractivity contribution in [3.63, 3.8) is 0 Å². The Morgan fingerprint density at radius 3 is 2.43 bits per heavy atom. The molecule has 3 amide bonds. The van der Waals surface area contributed by atoms with Gasteiger partial charge in [-0.1, -0.05) is 36.4 Å². The van der Waals surface area contributed by atoms with Crippen LogP contribution in [-0.4, -0.2) is 47.4 Å². The van der Waals surface area contributed by atoms with Crippen LogP contribution in [0.3, 0.4) is 0 Å². The summed E-state index contributed by atoms with van der Waals surface area (Å²) >= 11 is 0. The zero-order valence-electron chi connectivity index (χ0n) is 14.9. The number of alkyl halides is 3. The van der Waals surface area contributed by atoms with Crippen LogP contribution in [0.2, 0.25) is 0 Å². The largest absolute Gasteiger partial charge is 0.416 e. The van der Waals surface area contributed by atoms with Gasteiger partial charge in [-0.05, 0) is 23.8 Å². The molecule has 1 atom stereocenters. The van der Waals surface area contributed by atoms with Crippen molar-refractivity contribution in [1.82, 2.24) is 9.80 Å². The molecule has 146 valence electrons. The maximum atomic E-state index is 13.0. The molecule has 0 aliphatic carbocycles. The van der Waals surface area contributed by atoms with E-state index in [4.69, 9.17) is 0 Å². The van der Waals surface area contributed by atoms with Crippen molar-refractivity contribution in [1.29, 1.82) is 0 Å². The van der Waals surface area contributed by atoms with Crippen LogP contribution in [0.5, 0.6) is 0 Å². The molecule has 2 saturated heterocycles. The maximum Gasteiger partial charge on any atom is 0.416 e. The molecular weight excluding hydrogens is 371 g/mol. The van der Waals surface area contributed by atoms with Gasteiger partial charge in [-0.15, -0.1) is 0 Å². The first-order valence-corrected chi connectivity index (χ1v) is 8.93. The Balaban J connectivity index is 1.54. The van der Waals surface area contributed by atoms with Crippen LogP contribution in [0.25, 0.3) is 0 Å². The number of carbonyl (C=O) groups is 2. The third-order valence-corrected chi connectivity index (χ3v) is 5.09. The molecule has 2 fully saturated rings. The van der Waals surface area contributed by atoms with Crippen molar-refractivity contribution in [2.24, 2.45) is 0 Å². The van der Waals surface area contributed by atoms with E-state index >= 15 is 0 Å². The number of carbonyl (C=O) groups excluding carboxylic acids is 2. The molecule has 2 aliphatic heterocycles. The topological polar surface area (TPSA) is 43.9 Å². The normalized spacial score (nSPS) is 20.6. The molecule has 0 aromatic heterocycles. The Bertz CT molecular complexity index is 901. The lowest BCUT2D eigenvalue weighted by molar-refractivity contribution is -0.137. The third kappa shape index (κ3) is 3.35. The zero-order valence-corrected chi connectivity index (χ0v) is 14.9. The molecule has 2 aromatic carbocycles. The van der Waals surface area contributed by atoms with Gasteiger partial charge in [0.25, 0.3) is 5.91 Å². The van der Waals surface area contributed by atoms with E-state index in [-0.39, 0.29) is 5.69 Å². The Morgan fingerprint density at radius 1 is 0.964 bits per heavy atom. The number of benzene rings is 2. The van der Waals surface area contributed by atoms with Gasteiger partial charge in [0.15, 0.2) is 0 Å². The number of imide groups is 1. The predicted octanol–water partition coefficient (Wildman–Crippen LogP) is 3.36. The minimum Gasteiger partial charge on any atom is -0.309 e. The van der Waals surface area contributed by atoms with Gasteiger partial charge in [-0.3, -0.25) is 9.69 Å². The number of hydrogen-bond donors (Lipinski definition) is 0. The fourth-order valence-corrected chi connectivity index (χ4v) is 3.70. The van der Waals surface area contributed by atoms with Gasteiger partial charge in [0, 0.05) is 26.2 Å². The van der Waals surface area contributed by atoms with E-state index in [1.807, 2.05) is 30.3 Å². The molecule has 2 aromatic rings. The number of piperazine rings is 1. The van der Waals surface area contributed by atoms with Crippen LogP contribution in [-0.2, 0) is 17.5 Å². The third-order valence-electron chi connectivity index (χ3n) is 5.09. The monoisotopic (exact) mass is 389 g/mol. The van der Waals surface area contributed by atoms with Crippen molar-refractivity contribution < 1.29 is 22.8 Å². The van der Waals surface area contributed by atoms with E-state index in [1.54, 1.807) is 0 Å². The summed E-state index contributed by atoms with van der Waals surface area (Å²) in [6, 6.07) is 12.9. The van der Waals surface area contributed by atoms with Crippen molar-refractivity contribution >= 4 is 17.6 Å². The fraction of sp³-hybridized carbons (Fsp3) is 0.300. The van der Waals surface area contributed by atoms with Crippen molar-refractivity contribution in [3.05, 3.63) is 65.7 Å². The summed E-state index contributed by atoms with van der Waals surface area (Å²) in [6.45, 7) is 1.96. The Morgan fingerprint density at radius 2 is 1.71 bits per heavy atom. The molecule has 5 nitrogen and oxygen atoms in total. The molecule has 0 bridgehead atoms. The van der Waals surface area contributed by atoms with Gasteiger partial charge in [-0.2, -0.15) is 13.2 Å². The molecule has 8 heteroatoms. The number of urea groups is 1. The first-order chi connectivity index (χ1) is 13.3. The summed E-state index contributed by atoms with van der Waals surface area (Å²) in [5.41, 5.74) is 0.164. The lowest BCUT2D eigenvalue weighted by Gasteiger charge is -2.35. The van der Waals surface area contributed by atoms with Gasteiger partial charge in [0.2, 0.25) is 0 Å². The molecular formula is C20H18F3N3O2. The number of nitrogens with zero attached hydrogens (tertiary/aromatic N) is 3. The second-order valence-electron chi connectivity index (χ2n) is 6.93. The summed E-state index contributed by atoms with van der Waals surface area (Å²) in [4.78, 5) is 30.0. The predicted molar refractivity (Wildman–Crippen MR) is 96.5 cm³/mol. The highest BCUT2D eigenvalue weighted by Crippen LogP contribution is 2.34. The summed E-state index contributed by atoms with van der Waals surface area (Å²) in [5, 5.41) is 0.